The van der Waals surface area contributed by atoms with Crippen LogP contribution in [0.4, 0.5) is 10.2 Å². The lowest BCUT2D eigenvalue weighted by Crippen LogP contribution is -2.48. The van der Waals surface area contributed by atoms with Crippen LogP contribution in [0.1, 0.15) is 29.2 Å². The lowest BCUT2D eigenvalue weighted by Gasteiger charge is -2.30. The SMILES string of the molecule is CNc1cc(-c2cn([C@@H]3COC[C@H]3O)c3ncccc23)nc2c(C(=O)N[C@H]3CC[C@@H]3F)cnn12. The van der Waals surface area contributed by atoms with Crippen molar-refractivity contribution in [3.8, 4) is 11.3 Å². The first-order valence-corrected chi connectivity index (χ1v) is 11.3. The van der Waals surface area contributed by atoms with Crippen LogP contribution in [0.5, 0.6) is 0 Å². The van der Waals surface area contributed by atoms with Crippen molar-refractivity contribution in [2.24, 2.45) is 0 Å². The Balaban J connectivity index is 1.48. The van der Waals surface area contributed by atoms with Crippen molar-refractivity contribution < 1.29 is 19.0 Å². The van der Waals surface area contributed by atoms with E-state index in [1.807, 2.05) is 29.0 Å². The molecule has 34 heavy (non-hydrogen) atoms. The highest BCUT2D eigenvalue weighted by Gasteiger charge is 2.33. The summed E-state index contributed by atoms with van der Waals surface area (Å²) in [7, 11) is 1.76. The molecule has 4 atom stereocenters. The van der Waals surface area contributed by atoms with Gasteiger partial charge in [-0.15, -0.1) is 0 Å². The summed E-state index contributed by atoms with van der Waals surface area (Å²) < 4.78 is 22.7. The van der Waals surface area contributed by atoms with Gasteiger partial charge < -0.3 is 25.0 Å². The molecule has 0 spiro atoms. The summed E-state index contributed by atoms with van der Waals surface area (Å²) in [6, 6.07) is 4.91. The molecule has 2 aliphatic rings. The Hall–Kier alpha value is -3.57. The molecule has 0 bridgehead atoms. The van der Waals surface area contributed by atoms with Crippen LogP contribution in [0.2, 0.25) is 0 Å². The summed E-state index contributed by atoms with van der Waals surface area (Å²) in [5.74, 6) is 0.240. The van der Waals surface area contributed by atoms with Gasteiger partial charge in [0.2, 0.25) is 0 Å². The van der Waals surface area contributed by atoms with Gasteiger partial charge in [0.05, 0.1) is 37.2 Å². The molecule has 0 aromatic carbocycles. The number of alkyl halides is 1. The maximum absolute atomic E-state index is 13.7. The number of halogens is 1. The summed E-state index contributed by atoms with van der Waals surface area (Å²) >= 11 is 0. The first-order valence-electron chi connectivity index (χ1n) is 11.3. The minimum atomic E-state index is -1.02. The molecule has 11 heteroatoms. The van der Waals surface area contributed by atoms with Crippen LogP contribution < -0.4 is 10.6 Å². The normalized spacial score (nSPS) is 24.4. The third kappa shape index (κ3) is 3.23. The van der Waals surface area contributed by atoms with E-state index in [9.17, 15) is 14.3 Å². The largest absolute Gasteiger partial charge is 0.388 e. The van der Waals surface area contributed by atoms with Gasteiger partial charge in [-0.25, -0.2) is 14.4 Å². The molecule has 2 fully saturated rings. The van der Waals surface area contributed by atoms with E-state index in [0.29, 0.717) is 42.3 Å². The molecular weight excluding hydrogens is 441 g/mol. The fourth-order valence-corrected chi connectivity index (χ4v) is 4.64. The smallest absolute Gasteiger partial charge is 0.257 e. The average molecular weight is 465 g/mol. The maximum atomic E-state index is 13.7. The number of pyridine rings is 1. The predicted molar refractivity (Wildman–Crippen MR) is 123 cm³/mol. The van der Waals surface area contributed by atoms with Crippen LogP contribution in [0, 0.1) is 0 Å². The van der Waals surface area contributed by atoms with Gasteiger partial charge in [-0.2, -0.15) is 9.61 Å². The van der Waals surface area contributed by atoms with Crippen molar-refractivity contribution in [2.45, 2.75) is 37.2 Å². The zero-order valence-electron chi connectivity index (χ0n) is 18.5. The number of ether oxygens (including phenoxy) is 1. The van der Waals surface area contributed by atoms with E-state index in [2.05, 4.69) is 20.7 Å². The van der Waals surface area contributed by atoms with E-state index in [4.69, 9.17) is 9.72 Å². The molecule has 1 saturated carbocycles. The number of nitrogens with zero attached hydrogens (tertiary/aromatic N) is 5. The molecule has 3 N–H and O–H groups in total. The van der Waals surface area contributed by atoms with Crippen molar-refractivity contribution in [3.63, 3.8) is 0 Å². The van der Waals surface area contributed by atoms with Crippen molar-refractivity contribution >= 4 is 28.4 Å². The molecule has 4 aromatic rings. The first kappa shape index (κ1) is 21.0. The molecule has 1 saturated heterocycles. The number of hydrogen-bond donors (Lipinski definition) is 3. The molecule has 4 aromatic heterocycles. The van der Waals surface area contributed by atoms with Crippen molar-refractivity contribution in [2.75, 3.05) is 25.6 Å². The highest BCUT2D eigenvalue weighted by Crippen LogP contribution is 2.34. The van der Waals surface area contributed by atoms with Gasteiger partial charge in [-0.3, -0.25) is 4.79 Å². The molecule has 0 unspecified atom stereocenters. The summed E-state index contributed by atoms with van der Waals surface area (Å²) in [6.07, 6.45) is 4.50. The number of aromatic nitrogens is 5. The third-order valence-electron chi connectivity index (χ3n) is 6.72. The summed E-state index contributed by atoms with van der Waals surface area (Å²) in [5.41, 5.74) is 2.77. The summed E-state index contributed by atoms with van der Waals surface area (Å²) in [5, 5.41) is 21.5. The Bertz CT molecular complexity index is 1400. The minimum absolute atomic E-state index is 0.258. The fraction of sp³-hybridized carbons (Fsp3) is 0.391. The van der Waals surface area contributed by atoms with Gasteiger partial charge in [0.1, 0.15) is 29.3 Å². The van der Waals surface area contributed by atoms with Crippen molar-refractivity contribution in [1.29, 1.82) is 0 Å². The van der Waals surface area contributed by atoms with Crippen LogP contribution in [0.3, 0.4) is 0 Å². The summed E-state index contributed by atoms with van der Waals surface area (Å²) in [6.45, 7) is 0.661. The fourth-order valence-electron chi connectivity index (χ4n) is 4.64. The Morgan fingerprint density at radius 2 is 2.18 bits per heavy atom. The molecule has 10 nitrogen and oxygen atoms in total. The van der Waals surface area contributed by atoms with E-state index in [-0.39, 0.29) is 18.2 Å². The quantitative estimate of drug-likeness (QED) is 0.412. The second-order valence-electron chi connectivity index (χ2n) is 8.74. The number of rotatable bonds is 5. The van der Waals surface area contributed by atoms with E-state index >= 15 is 0 Å². The molecule has 0 radical (unpaired) electrons. The Labute approximate surface area is 193 Å². The predicted octanol–water partition coefficient (Wildman–Crippen LogP) is 1.95. The average Bonchev–Trinajstić information content (AvgIpc) is 3.57. The minimum Gasteiger partial charge on any atom is -0.388 e. The van der Waals surface area contributed by atoms with Crippen LogP contribution in [-0.2, 0) is 4.74 Å². The monoisotopic (exact) mass is 465 g/mol. The number of amides is 1. The molecule has 5 heterocycles. The Kier molecular flexibility index (Phi) is 4.96. The number of aliphatic hydroxyl groups excluding tert-OH is 1. The third-order valence-corrected chi connectivity index (χ3v) is 6.72. The molecule has 176 valence electrons. The number of carbonyl (C=O) groups is 1. The Morgan fingerprint density at radius 3 is 2.88 bits per heavy atom. The number of fused-ring (bicyclic) bond motifs is 2. The zero-order valence-corrected chi connectivity index (χ0v) is 18.5. The summed E-state index contributed by atoms with van der Waals surface area (Å²) in [4.78, 5) is 22.2. The molecule has 1 aliphatic heterocycles. The van der Waals surface area contributed by atoms with Crippen molar-refractivity contribution in [1.82, 2.24) is 29.5 Å². The van der Waals surface area contributed by atoms with Gasteiger partial charge in [0.15, 0.2) is 5.65 Å². The van der Waals surface area contributed by atoms with E-state index in [0.717, 1.165) is 10.9 Å². The molecule has 1 aliphatic carbocycles. The van der Waals surface area contributed by atoms with Gasteiger partial charge in [0, 0.05) is 36.5 Å². The molecular formula is C23H24FN7O3. The number of aliphatic hydroxyl groups is 1. The van der Waals surface area contributed by atoms with E-state index < -0.39 is 24.2 Å². The standard InChI is InChI=1S/C23H24FN7O3/c1-25-20-7-17(28-22-13(8-27-31(20)22)23(33)29-16-5-4-15(16)24)14-9-30(18-10-34-11-19(18)32)21-12(14)3-2-6-26-21/h2-3,6-9,15-16,18-19,25,32H,4-5,10-11H2,1H3,(H,29,33)/t15-,16-,18+,19+/m0/s1. The van der Waals surface area contributed by atoms with Crippen molar-refractivity contribution in [3.05, 3.63) is 42.4 Å². The lowest BCUT2D eigenvalue weighted by molar-refractivity contribution is 0.0826. The van der Waals surface area contributed by atoms with Crippen LogP contribution in [-0.4, -0.2) is 73.7 Å². The number of anilines is 1. The van der Waals surface area contributed by atoms with E-state index in [1.165, 1.54) is 6.20 Å². The Morgan fingerprint density at radius 1 is 1.29 bits per heavy atom. The lowest BCUT2D eigenvalue weighted by atomic mass is 9.90. The molecule has 6 rings (SSSR count). The number of carbonyl (C=O) groups excluding carboxylic acids is 1. The van der Waals surface area contributed by atoms with Crippen LogP contribution in [0.25, 0.3) is 27.9 Å². The second kappa shape index (κ2) is 8.03. The molecule has 1 amide bonds. The highest BCUT2D eigenvalue weighted by molar-refractivity contribution is 6.01. The van der Waals surface area contributed by atoms with Crippen LogP contribution >= 0.6 is 0 Å². The number of nitrogens with one attached hydrogen (secondary N) is 2. The van der Waals surface area contributed by atoms with Gasteiger partial charge >= 0.3 is 0 Å². The highest BCUT2D eigenvalue weighted by atomic mass is 19.1. The number of hydrogen-bond acceptors (Lipinski definition) is 7. The van der Waals surface area contributed by atoms with Gasteiger partial charge in [-0.1, -0.05) is 0 Å². The zero-order chi connectivity index (χ0) is 23.4. The topological polar surface area (TPSA) is 119 Å². The van der Waals surface area contributed by atoms with Crippen LogP contribution in [0.15, 0.2) is 36.8 Å². The first-order chi connectivity index (χ1) is 16.5. The van der Waals surface area contributed by atoms with E-state index in [1.54, 1.807) is 17.8 Å². The van der Waals surface area contributed by atoms with Gasteiger partial charge in [-0.05, 0) is 25.0 Å². The second-order valence-corrected chi connectivity index (χ2v) is 8.74. The maximum Gasteiger partial charge on any atom is 0.257 e. The van der Waals surface area contributed by atoms with Gasteiger partial charge in [0.25, 0.3) is 5.91 Å².